The number of rotatable bonds is 2. The van der Waals surface area contributed by atoms with Crippen LogP contribution in [0.15, 0.2) is 65.2 Å². The molecule has 4 heteroatoms. The molecular formula is C25H22BrNO2. The topological polar surface area (TPSA) is 40.5 Å². The Balaban J connectivity index is 1.59. The highest BCUT2D eigenvalue weighted by molar-refractivity contribution is 9.10. The fourth-order valence-electron chi connectivity index (χ4n) is 6.12. The van der Waals surface area contributed by atoms with Gasteiger partial charge in [-0.2, -0.15) is 0 Å². The summed E-state index contributed by atoms with van der Waals surface area (Å²) in [7, 11) is 0. The summed E-state index contributed by atoms with van der Waals surface area (Å²) in [4.78, 5) is 14.5. The number of hydrogen-bond donors (Lipinski definition) is 1. The number of halogens is 1. The first-order valence-corrected chi connectivity index (χ1v) is 11.2. The lowest BCUT2D eigenvalue weighted by atomic mass is 9.70. The molecule has 0 aromatic heterocycles. The van der Waals surface area contributed by atoms with E-state index in [1.165, 1.54) is 22.4 Å². The van der Waals surface area contributed by atoms with Gasteiger partial charge in [-0.1, -0.05) is 52.4 Å². The third-order valence-corrected chi connectivity index (χ3v) is 7.84. The minimum absolute atomic E-state index is 0.301. The standard InChI is InChI=1S/C25H22BrNO2/c26-17-9-7-14(8-10-17)23-20-6-2-5-19(20)22-12-16(25(28)29)11-21-18-4-1-3-15(18)13-27(23)24(21)22/h1-2,4,6-12,15,18-20,23H,3,5,13H2,(H,28,29)/t15-,18+,19-,20+,23+/m1/s1. The molecule has 1 N–H and O–H groups in total. The predicted octanol–water partition coefficient (Wildman–Crippen LogP) is 6.04. The molecule has 0 spiro atoms. The number of carboxylic acid groups (broad SMARTS) is 1. The van der Waals surface area contributed by atoms with Gasteiger partial charge in [0, 0.05) is 28.5 Å². The Bertz CT molecular complexity index is 1070. The number of carbonyl (C=O) groups is 1. The van der Waals surface area contributed by atoms with Crippen LogP contribution in [0.3, 0.4) is 0 Å². The van der Waals surface area contributed by atoms with Crippen LogP contribution in [0.25, 0.3) is 0 Å². The van der Waals surface area contributed by atoms with E-state index < -0.39 is 5.97 Å². The molecule has 0 radical (unpaired) electrons. The van der Waals surface area contributed by atoms with Crippen molar-refractivity contribution in [1.29, 1.82) is 0 Å². The average Bonchev–Trinajstić information content (AvgIpc) is 3.38. The molecule has 2 aliphatic carbocycles. The molecule has 2 aromatic carbocycles. The van der Waals surface area contributed by atoms with E-state index in [1.54, 1.807) is 0 Å². The van der Waals surface area contributed by atoms with Crippen molar-refractivity contribution < 1.29 is 9.90 Å². The van der Waals surface area contributed by atoms with E-state index in [4.69, 9.17) is 0 Å². The van der Waals surface area contributed by atoms with E-state index >= 15 is 0 Å². The van der Waals surface area contributed by atoms with Crippen molar-refractivity contribution in [2.45, 2.75) is 30.7 Å². The SMILES string of the molecule is O=C(O)c1cc2c3c(c1)[C@@H]1CC=C[C@@H]1[C@H](c1ccc(Br)cc1)N3C[C@H]1CC=C[C@H]21. The number of nitrogens with zero attached hydrogens (tertiary/aromatic N) is 1. The van der Waals surface area contributed by atoms with Crippen LogP contribution in [0.1, 0.15) is 57.8 Å². The fourth-order valence-corrected chi connectivity index (χ4v) is 6.39. The van der Waals surface area contributed by atoms with Crippen molar-refractivity contribution in [3.8, 4) is 0 Å². The Morgan fingerprint density at radius 3 is 2.59 bits per heavy atom. The molecule has 3 nitrogen and oxygen atoms in total. The second-order valence-corrected chi connectivity index (χ2v) is 9.67. The van der Waals surface area contributed by atoms with E-state index in [9.17, 15) is 9.90 Å². The van der Waals surface area contributed by atoms with Gasteiger partial charge >= 0.3 is 5.97 Å². The summed E-state index contributed by atoms with van der Waals surface area (Å²) in [6.07, 6.45) is 11.3. The van der Waals surface area contributed by atoms with Crippen LogP contribution in [-0.2, 0) is 0 Å². The summed E-state index contributed by atoms with van der Waals surface area (Å²) < 4.78 is 1.10. The normalized spacial score (nSPS) is 30.8. The monoisotopic (exact) mass is 447 g/mol. The third kappa shape index (κ3) is 2.51. The number of benzene rings is 2. The van der Waals surface area contributed by atoms with Gasteiger partial charge in [0.2, 0.25) is 0 Å². The van der Waals surface area contributed by atoms with E-state index in [2.05, 4.69) is 69.4 Å². The highest BCUT2D eigenvalue weighted by atomic mass is 79.9. The zero-order valence-electron chi connectivity index (χ0n) is 16.0. The number of fused-ring (bicyclic) bond motifs is 4. The van der Waals surface area contributed by atoms with Crippen LogP contribution in [0.2, 0.25) is 0 Å². The van der Waals surface area contributed by atoms with Crippen molar-refractivity contribution in [2.24, 2.45) is 11.8 Å². The molecule has 0 unspecified atom stereocenters. The predicted molar refractivity (Wildman–Crippen MR) is 118 cm³/mol. The Hall–Kier alpha value is -2.33. The molecule has 6 rings (SSSR count). The number of carboxylic acids is 1. The number of hydrogen-bond acceptors (Lipinski definition) is 2. The molecular weight excluding hydrogens is 426 g/mol. The average molecular weight is 448 g/mol. The number of allylic oxidation sites excluding steroid dienone is 3. The summed E-state index contributed by atoms with van der Waals surface area (Å²) >= 11 is 3.57. The summed E-state index contributed by atoms with van der Waals surface area (Å²) in [6.45, 7) is 1.03. The molecule has 2 aromatic rings. The molecule has 0 amide bonds. The molecule has 0 saturated heterocycles. The zero-order chi connectivity index (χ0) is 19.7. The van der Waals surface area contributed by atoms with Gasteiger partial charge in [-0.05, 0) is 65.6 Å². The van der Waals surface area contributed by atoms with E-state index in [1.807, 2.05) is 12.1 Å². The van der Waals surface area contributed by atoms with E-state index in [-0.39, 0.29) is 0 Å². The maximum Gasteiger partial charge on any atom is 0.335 e. The van der Waals surface area contributed by atoms with Crippen LogP contribution < -0.4 is 4.90 Å². The van der Waals surface area contributed by atoms with Crippen LogP contribution >= 0.6 is 15.9 Å². The quantitative estimate of drug-likeness (QED) is 0.570. The minimum atomic E-state index is -0.822. The van der Waals surface area contributed by atoms with Gasteiger partial charge < -0.3 is 10.0 Å². The number of aromatic carboxylic acids is 1. The van der Waals surface area contributed by atoms with Crippen molar-refractivity contribution in [2.75, 3.05) is 11.4 Å². The van der Waals surface area contributed by atoms with E-state index in [0.29, 0.717) is 35.3 Å². The molecule has 5 atom stereocenters. The highest BCUT2D eigenvalue weighted by Gasteiger charge is 2.47. The Kier molecular flexibility index (Phi) is 3.83. The molecule has 146 valence electrons. The number of anilines is 1. The zero-order valence-corrected chi connectivity index (χ0v) is 17.5. The fraction of sp³-hybridized carbons (Fsp3) is 0.320. The van der Waals surface area contributed by atoms with Gasteiger partial charge in [-0.15, -0.1) is 0 Å². The maximum absolute atomic E-state index is 11.9. The molecule has 2 aliphatic heterocycles. The minimum Gasteiger partial charge on any atom is -0.478 e. The van der Waals surface area contributed by atoms with Gasteiger partial charge in [-0.3, -0.25) is 0 Å². The largest absolute Gasteiger partial charge is 0.478 e. The summed E-state index contributed by atoms with van der Waals surface area (Å²) in [5, 5.41) is 9.78. The van der Waals surface area contributed by atoms with Gasteiger partial charge in [0.1, 0.15) is 0 Å². The Morgan fingerprint density at radius 2 is 1.79 bits per heavy atom. The van der Waals surface area contributed by atoms with Gasteiger partial charge in [0.05, 0.1) is 11.6 Å². The van der Waals surface area contributed by atoms with E-state index in [0.717, 1.165) is 23.9 Å². The van der Waals surface area contributed by atoms with Gasteiger partial charge in [0.15, 0.2) is 0 Å². The van der Waals surface area contributed by atoms with Gasteiger partial charge in [0.25, 0.3) is 0 Å². The van der Waals surface area contributed by atoms with Crippen molar-refractivity contribution >= 4 is 27.6 Å². The summed E-state index contributed by atoms with van der Waals surface area (Å²) in [6, 6.07) is 13.0. The first-order valence-electron chi connectivity index (χ1n) is 10.4. The van der Waals surface area contributed by atoms with Crippen LogP contribution in [-0.4, -0.2) is 17.6 Å². The molecule has 0 saturated carbocycles. The molecule has 0 bridgehead atoms. The molecule has 0 fully saturated rings. The van der Waals surface area contributed by atoms with Crippen molar-refractivity contribution in [3.63, 3.8) is 0 Å². The van der Waals surface area contributed by atoms with Crippen LogP contribution in [0.4, 0.5) is 5.69 Å². The first kappa shape index (κ1) is 17.5. The smallest absolute Gasteiger partial charge is 0.335 e. The first-order chi connectivity index (χ1) is 14.1. The summed E-state index contributed by atoms with van der Waals surface area (Å²) in [5.41, 5.74) is 5.55. The maximum atomic E-state index is 11.9. The second kappa shape index (κ2) is 6.33. The third-order valence-electron chi connectivity index (χ3n) is 7.31. The molecule has 4 aliphatic rings. The lowest BCUT2D eigenvalue weighted by molar-refractivity contribution is 0.0696. The van der Waals surface area contributed by atoms with Crippen LogP contribution in [0.5, 0.6) is 0 Å². The summed E-state index contributed by atoms with van der Waals surface area (Å²) in [5.74, 6) is 0.786. The Labute approximate surface area is 178 Å². The van der Waals surface area contributed by atoms with Gasteiger partial charge in [-0.25, -0.2) is 4.79 Å². The lowest BCUT2D eigenvalue weighted by Crippen LogP contribution is -2.46. The molecule has 29 heavy (non-hydrogen) atoms. The highest BCUT2D eigenvalue weighted by Crippen LogP contribution is 2.58. The van der Waals surface area contributed by atoms with Crippen molar-refractivity contribution in [1.82, 2.24) is 0 Å². The Morgan fingerprint density at radius 1 is 1.03 bits per heavy atom. The molecule has 2 heterocycles. The second-order valence-electron chi connectivity index (χ2n) is 8.75. The lowest BCUT2D eigenvalue weighted by Gasteiger charge is -2.51. The van der Waals surface area contributed by atoms with Crippen molar-refractivity contribution in [3.05, 3.63) is 87.4 Å². The van der Waals surface area contributed by atoms with Crippen LogP contribution in [0, 0.1) is 11.8 Å².